The summed E-state index contributed by atoms with van der Waals surface area (Å²) in [6.45, 7) is 0. The molecule has 1 heterocycles. The average molecular weight is 343 g/mol. The molecule has 0 saturated carbocycles. The number of methoxy groups -OCH3 is 1. The Hall–Kier alpha value is -2.02. The third kappa shape index (κ3) is 3.90. The monoisotopic (exact) mass is 343 g/mol. The van der Waals surface area contributed by atoms with Crippen LogP contribution in [0.2, 0.25) is 0 Å². The Morgan fingerprint density at radius 2 is 2.04 bits per heavy atom. The van der Waals surface area contributed by atoms with Crippen molar-refractivity contribution in [3.8, 4) is 5.75 Å². The zero-order valence-corrected chi connectivity index (χ0v) is 14.5. The highest BCUT2D eigenvalue weighted by Crippen LogP contribution is 2.26. The molecule has 2 aromatic rings. The standard InChI is InChI=1S/C18H21N3O2S/c1-23-14-7-3-5-12(9-14)16-11-17(21-20-16)18(22)19-13-6-4-8-15(10-13)24-2/h3-10,16-17,20-21H,11H2,1-2H3,(H,19,22). The van der Waals surface area contributed by atoms with Gasteiger partial charge < -0.3 is 10.1 Å². The molecule has 126 valence electrons. The van der Waals surface area contributed by atoms with Crippen molar-refractivity contribution in [3.05, 3.63) is 54.1 Å². The van der Waals surface area contributed by atoms with Crippen molar-refractivity contribution in [2.24, 2.45) is 0 Å². The number of hydrazine groups is 1. The number of thioether (sulfide) groups is 1. The highest BCUT2D eigenvalue weighted by Gasteiger charge is 2.30. The van der Waals surface area contributed by atoms with Crippen molar-refractivity contribution in [1.82, 2.24) is 10.9 Å². The number of benzene rings is 2. The first-order chi connectivity index (χ1) is 11.7. The van der Waals surface area contributed by atoms with Crippen LogP contribution in [0.15, 0.2) is 53.4 Å². The van der Waals surface area contributed by atoms with Gasteiger partial charge in [0.15, 0.2) is 0 Å². The molecule has 1 saturated heterocycles. The van der Waals surface area contributed by atoms with Crippen molar-refractivity contribution in [3.63, 3.8) is 0 Å². The molecule has 1 fully saturated rings. The Morgan fingerprint density at radius 1 is 1.21 bits per heavy atom. The molecule has 3 rings (SSSR count). The fourth-order valence-electron chi connectivity index (χ4n) is 2.74. The first-order valence-corrected chi connectivity index (χ1v) is 9.02. The van der Waals surface area contributed by atoms with Crippen LogP contribution >= 0.6 is 11.8 Å². The average Bonchev–Trinajstić information content (AvgIpc) is 3.12. The zero-order chi connectivity index (χ0) is 16.9. The smallest absolute Gasteiger partial charge is 0.242 e. The van der Waals surface area contributed by atoms with Gasteiger partial charge in [-0.25, -0.2) is 10.9 Å². The van der Waals surface area contributed by atoms with Crippen molar-refractivity contribution >= 4 is 23.4 Å². The maximum absolute atomic E-state index is 12.5. The van der Waals surface area contributed by atoms with Gasteiger partial charge in [-0.3, -0.25) is 4.79 Å². The third-order valence-corrected chi connectivity index (χ3v) is 4.78. The molecule has 2 unspecified atom stereocenters. The Kier molecular flexibility index (Phi) is 5.40. The number of rotatable bonds is 5. The molecule has 1 aliphatic rings. The lowest BCUT2D eigenvalue weighted by Gasteiger charge is -2.12. The van der Waals surface area contributed by atoms with Crippen LogP contribution in [0, 0.1) is 0 Å². The SMILES string of the molecule is COc1cccc(C2CC(C(=O)Nc3cccc(SC)c3)NN2)c1. The molecular formula is C18H21N3O2S. The maximum atomic E-state index is 12.5. The van der Waals surface area contributed by atoms with Crippen molar-refractivity contribution in [2.75, 3.05) is 18.7 Å². The largest absolute Gasteiger partial charge is 0.497 e. The quantitative estimate of drug-likeness (QED) is 0.729. The number of carbonyl (C=O) groups excluding carboxylic acids is 1. The molecule has 3 N–H and O–H groups in total. The van der Waals surface area contributed by atoms with Gasteiger partial charge in [0, 0.05) is 16.6 Å². The van der Waals surface area contributed by atoms with E-state index in [-0.39, 0.29) is 18.0 Å². The minimum atomic E-state index is -0.279. The Labute approximate surface area is 146 Å². The van der Waals surface area contributed by atoms with E-state index < -0.39 is 0 Å². The number of anilines is 1. The van der Waals surface area contributed by atoms with Gasteiger partial charge in [0.2, 0.25) is 5.91 Å². The Morgan fingerprint density at radius 3 is 2.83 bits per heavy atom. The summed E-state index contributed by atoms with van der Waals surface area (Å²) in [4.78, 5) is 13.6. The Bertz CT molecular complexity index is 723. The van der Waals surface area contributed by atoms with Crippen LogP contribution in [0.4, 0.5) is 5.69 Å². The molecule has 1 amide bonds. The number of hydrogen-bond donors (Lipinski definition) is 3. The molecular weight excluding hydrogens is 322 g/mol. The number of hydrogen-bond acceptors (Lipinski definition) is 5. The van der Waals surface area contributed by atoms with E-state index in [1.807, 2.05) is 54.8 Å². The van der Waals surface area contributed by atoms with Crippen LogP contribution in [0.3, 0.4) is 0 Å². The van der Waals surface area contributed by atoms with Gasteiger partial charge in [-0.05, 0) is 48.6 Å². The predicted octanol–water partition coefficient (Wildman–Crippen LogP) is 2.96. The third-order valence-electron chi connectivity index (χ3n) is 4.05. The minimum Gasteiger partial charge on any atom is -0.497 e. The van der Waals surface area contributed by atoms with Crippen LogP contribution in [-0.4, -0.2) is 25.3 Å². The van der Waals surface area contributed by atoms with Gasteiger partial charge in [-0.15, -0.1) is 11.8 Å². The molecule has 2 aromatic carbocycles. The highest BCUT2D eigenvalue weighted by molar-refractivity contribution is 7.98. The first kappa shape index (κ1) is 16.8. The zero-order valence-electron chi connectivity index (χ0n) is 13.7. The van der Waals surface area contributed by atoms with Gasteiger partial charge in [0.05, 0.1) is 7.11 Å². The lowest BCUT2D eigenvalue weighted by atomic mass is 10.0. The van der Waals surface area contributed by atoms with E-state index in [9.17, 15) is 4.79 Å². The van der Waals surface area contributed by atoms with E-state index in [1.54, 1.807) is 18.9 Å². The lowest BCUT2D eigenvalue weighted by molar-refractivity contribution is -0.117. The summed E-state index contributed by atoms with van der Waals surface area (Å²) in [5, 5.41) is 2.97. The molecule has 0 spiro atoms. The van der Waals surface area contributed by atoms with Gasteiger partial charge in [0.1, 0.15) is 11.8 Å². The summed E-state index contributed by atoms with van der Waals surface area (Å²) in [6.07, 6.45) is 2.70. The van der Waals surface area contributed by atoms with Crippen molar-refractivity contribution in [2.45, 2.75) is 23.4 Å². The molecule has 0 radical (unpaired) electrons. The van der Waals surface area contributed by atoms with Crippen molar-refractivity contribution < 1.29 is 9.53 Å². The van der Waals surface area contributed by atoms with E-state index >= 15 is 0 Å². The van der Waals surface area contributed by atoms with Crippen LogP contribution in [-0.2, 0) is 4.79 Å². The summed E-state index contributed by atoms with van der Waals surface area (Å²) >= 11 is 1.65. The van der Waals surface area contributed by atoms with Gasteiger partial charge in [0.25, 0.3) is 0 Å². The summed E-state index contributed by atoms with van der Waals surface area (Å²) in [5.41, 5.74) is 8.19. The maximum Gasteiger partial charge on any atom is 0.242 e. The molecule has 1 aliphatic heterocycles. The van der Waals surface area contributed by atoms with Crippen molar-refractivity contribution in [1.29, 1.82) is 0 Å². The molecule has 0 bridgehead atoms. The van der Waals surface area contributed by atoms with E-state index in [1.165, 1.54) is 0 Å². The summed E-state index contributed by atoms with van der Waals surface area (Å²) in [6, 6.07) is 15.5. The Balaban J connectivity index is 1.63. The van der Waals surface area contributed by atoms with E-state index in [0.717, 1.165) is 21.9 Å². The lowest BCUT2D eigenvalue weighted by Crippen LogP contribution is -2.39. The molecule has 24 heavy (non-hydrogen) atoms. The topological polar surface area (TPSA) is 62.4 Å². The first-order valence-electron chi connectivity index (χ1n) is 7.79. The van der Waals surface area contributed by atoms with Crippen LogP contribution in [0.5, 0.6) is 5.75 Å². The van der Waals surface area contributed by atoms with E-state index in [0.29, 0.717) is 6.42 Å². The number of carbonyl (C=O) groups is 1. The predicted molar refractivity (Wildman–Crippen MR) is 97.3 cm³/mol. The second-order valence-corrected chi connectivity index (χ2v) is 6.51. The van der Waals surface area contributed by atoms with Gasteiger partial charge in [-0.2, -0.15) is 0 Å². The highest BCUT2D eigenvalue weighted by atomic mass is 32.2. The fraction of sp³-hybridized carbons (Fsp3) is 0.278. The number of nitrogens with one attached hydrogen (secondary N) is 3. The van der Waals surface area contributed by atoms with Crippen LogP contribution < -0.4 is 20.9 Å². The second kappa shape index (κ2) is 7.70. The van der Waals surface area contributed by atoms with Crippen LogP contribution in [0.25, 0.3) is 0 Å². The summed E-state index contributed by atoms with van der Waals surface area (Å²) in [5.74, 6) is 0.780. The van der Waals surface area contributed by atoms with Gasteiger partial charge in [-0.1, -0.05) is 18.2 Å². The number of amides is 1. The van der Waals surface area contributed by atoms with E-state index in [4.69, 9.17) is 4.74 Å². The second-order valence-electron chi connectivity index (χ2n) is 5.63. The molecule has 5 nitrogen and oxygen atoms in total. The minimum absolute atomic E-state index is 0.0360. The molecule has 0 aliphatic carbocycles. The number of ether oxygens (including phenoxy) is 1. The summed E-state index contributed by atoms with van der Waals surface area (Å²) < 4.78 is 5.26. The normalized spacial score (nSPS) is 19.9. The molecule has 0 aromatic heterocycles. The summed E-state index contributed by atoms with van der Waals surface area (Å²) in [7, 11) is 1.65. The molecule has 2 atom stereocenters. The van der Waals surface area contributed by atoms with Gasteiger partial charge >= 0.3 is 0 Å². The van der Waals surface area contributed by atoms with E-state index in [2.05, 4.69) is 16.2 Å². The van der Waals surface area contributed by atoms with Crippen LogP contribution in [0.1, 0.15) is 18.0 Å². The molecule has 6 heteroatoms. The fourth-order valence-corrected chi connectivity index (χ4v) is 3.19.